The van der Waals surface area contributed by atoms with Crippen molar-refractivity contribution in [1.29, 1.82) is 0 Å². The zero-order valence-corrected chi connectivity index (χ0v) is 12.7. The van der Waals surface area contributed by atoms with Gasteiger partial charge in [-0.25, -0.2) is 0 Å². The topological polar surface area (TPSA) is 90.4 Å². The molecule has 1 aliphatic carbocycles. The van der Waals surface area contributed by atoms with E-state index in [1.54, 1.807) is 0 Å². The summed E-state index contributed by atoms with van der Waals surface area (Å²) >= 11 is 0. The second kappa shape index (κ2) is 6.89. The van der Waals surface area contributed by atoms with Crippen LogP contribution in [0.3, 0.4) is 0 Å². The quantitative estimate of drug-likeness (QED) is 0.652. The maximum atomic E-state index is 10.6. The van der Waals surface area contributed by atoms with Gasteiger partial charge in [0.15, 0.2) is 0 Å². The van der Waals surface area contributed by atoms with Gasteiger partial charge < -0.3 is 9.84 Å². The van der Waals surface area contributed by atoms with Crippen LogP contribution >= 0.6 is 0 Å². The molecule has 7 heteroatoms. The second-order valence-corrected chi connectivity index (χ2v) is 5.74. The molecule has 2 unspecified atom stereocenters. The van der Waals surface area contributed by atoms with Crippen LogP contribution in [0.2, 0.25) is 0 Å². The molecule has 0 saturated carbocycles. The van der Waals surface area contributed by atoms with Crippen molar-refractivity contribution in [3.05, 3.63) is 57.9 Å². The molecule has 0 spiro atoms. The summed E-state index contributed by atoms with van der Waals surface area (Å²) in [6.07, 6.45) is 4.80. The van der Waals surface area contributed by atoms with Crippen LogP contribution in [0.1, 0.15) is 30.1 Å². The number of hydrogen-bond acceptors (Lipinski definition) is 5. The highest BCUT2D eigenvalue weighted by molar-refractivity contribution is 5.31. The minimum Gasteiger partial charge on any atom is -0.389 e. The van der Waals surface area contributed by atoms with Gasteiger partial charge in [0, 0.05) is 0 Å². The lowest BCUT2D eigenvalue weighted by molar-refractivity contribution is -0.385. The minimum absolute atomic E-state index is 0.00144. The Morgan fingerprint density at radius 3 is 3.09 bits per heavy atom. The van der Waals surface area contributed by atoms with Gasteiger partial charge in [-0.05, 0) is 30.4 Å². The first-order valence-electron chi connectivity index (χ1n) is 7.68. The van der Waals surface area contributed by atoms with E-state index in [9.17, 15) is 15.2 Å². The highest BCUT2D eigenvalue weighted by atomic mass is 16.6. The van der Waals surface area contributed by atoms with Crippen LogP contribution < -0.4 is 0 Å². The summed E-state index contributed by atoms with van der Waals surface area (Å²) in [5.41, 5.74) is 2.42. The molecule has 23 heavy (non-hydrogen) atoms. The molecule has 0 fully saturated rings. The first kappa shape index (κ1) is 15.6. The van der Waals surface area contributed by atoms with Gasteiger partial charge in [0.2, 0.25) is 0 Å². The van der Waals surface area contributed by atoms with Gasteiger partial charge in [0.05, 0.1) is 30.3 Å². The number of aliphatic hydroxyl groups is 1. The Kier molecular flexibility index (Phi) is 4.68. The smallest absolute Gasteiger partial charge is 0.306 e. The molecule has 0 amide bonds. The van der Waals surface area contributed by atoms with E-state index < -0.39 is 11.0 Å². The van der Waals surface area contributed by atoms with Crippen LogP contribution in [-0.2, 0) is 17.7 Å². The van der Waals surface area contributed by atoms with Crippen LogP contribution in [0, 0.1) is 10.1 Å². The van der Waals surface area contributed by atoms with E-state index in [0.717, 1.165) is 19.3 Å². The van der Waals surface area contributed by atoms with E-state index in [-0.39, 0.29) is 24.9 Å². The summed E-state index contributed by atoms with van der Waals surface area (Å²) < 4.78 is 7.23. The molecule has 1 aliphatic rings. The number of hydrogen-bond donors (Lipinski definition) is 1. The Bertz CT molecular complexity index is 685. The Morgan fingerprint density at radius 2 is 2.30 bits per heavy atom. The summed E-state index contributed by atoms with van der Waals surface area (Å²) in [6, 6.07) is 8.22. The third-order valence-corrected chi connectivity index (χ3v) is 4.03. The van der Waals surface area contributed by atoms with Crippen molar-refractivity contribution < 1.29 is 14.8 Å². The lowest BCUT2D eigenvalue weighted by Crippen LogP contribution is -2.24. The van der Waals surface area contributed by atoms with Crippen molar-refractivity contribution in [3.63, 3.8) is 0 Å². The second-order valence-electron chi connectivity index (χ2n) is 5.74. The Hall–Kier alpha value is -2.25. The van der Waals surface area contributed by atoms with Crippen LogP contribution in [0.5, 0.6) is 0 Å². The largest absolute Gasteiger partial charge is 0.389 e. The number of ether oxygens (including phenoxy) is 1. The van der Waals surface area contributed by atoms with E-state index in [4.69, 9.17) is 4.74 Å². The number of benzene rings is 1. The van der Waals surface area contributed by atoms with Crippen molar-refractivity contribution in [3.8, 4) is 0 Å². The van der Waals surface area contributed by atoms with Gasteiger partial charge >= 0.3 is 5.69 Å². The molecule has 7 nitrogen and oxygen atoms in total. The third kappa shape index (κ3) is 3.75. The monoisotopic (exact) mass is 317 g/mol. The Balaban J connectivity index is 1.55. The molecule has 1 aromatic carbocycles. The molecule has 0 radical (unpaired) electrons. The summed E-state index contributed by atoms with van der Waals surface area (Å²) in [7, 11) is 0. The van der Waals surface area contributed by atoms with Crippen LogP contribution in [-0.4, -0.2) is 32.5 Å². The SMILES string of the molecule is O=[N+]([O-])c1cnn(CC(O)COC2CCCc3ccccc32)c1. The Labute approximate surface area is 133 Å². The number of aliphatic hydroxyl groups excluding tert-OH is 1. The maximum absolute atomic E-state index is 10.6. The van der Waals surface area contributed by atoms with E-state index in [1.165, 1.54) is 28.2 Å². The maximum Gasteiger partial charge on any atom is 0.306 e. The molecular formula is C16H19N3O4. The molecule has 2 aromatic rings. The van der Waals surface area contributed by atoms with Crippen molar-refractivity contribution in [1.82, 2.24) is 9.78 Å². The zero-order chi connectivity index (χ0) is 16.2. The number of aryl methyl sites for hydroxylation is 1. The predicted octanol–water partition coefficient (Wildman–Crippen LogP) is 2.25. The van der Waals surface area contributed by atoms with Gasteiger partial charge in [-0.1, -0.05) is 24.3 Å². The highest BCUT2D eigenvalue weighted by Gasteiger charge is 2.21. The zero-order valence-electron chi connectivity index (χ0n) is 12.7. The summed E-state index contributed by atoms with van der Waals surface area (Å²) in [5.74, 6) is 0. The molecule has 0 bridgehead atoms. The normalized spacial score (nSPS) is 18.4. The highest BCUT2D eigenvalue weighted by Crippen LogP contribution is 2.32. The lowest BCUT2D eigenvalue weighted by Gasteiger charge is -2.26. The molecule has 2 atom stereocenters. The van der Waals surface area contributed by atoms with Gasteiger partial charge in [-0.15, -0.1) is 0 Å². The van der Waals surface area contributed by atoms with E-state index in [0.29, 0.717) is 0 Å². The number of aromatic nitrogens is 2. The third-order valence-electron chi connectivity index (χ3n) is 4.03. The molecule has 3 rings (SSSR count). The van der Waals surface area contributed by atoms with Gasteiger partial charge in [-0.2, -0.15) is 5.10 Å². The minimum atomic E-state index is -0.761. The number of rotatable bonds is 6. The van der Waals surface area contributed by atoms with Gasteiger partial charge in [0.1, 0.15) is 12.4 Å². The number of nitrogens with zero attached hydrogens (tertiary/aromatic N) is 3. The summed E-state index contributed by atoms with van der Waals surface area (Å²) in [4.78, 5) is 10.1. The number of nitro groups is 1. The molecule has 122 valence electrons. The molecule has 1 N–H and O–H groups in total. The fourth-order valence-electron chi connectivity index (χ4n) is 2.93. The summed E-state index contributed by atoms with van der Waals surface area (Å²) in [6.45, 7) is 0.342. The first-order valence-corrected chi connectivity index (χ1v) is 7.68. The molecule has 1 heterocycles. The molecule has 0 aliphatic heterocycles. The van der Waals surface area contributed by atoms with E-state index in [1.807, 2.05) is 12.1 Å². The van der Waals surface area contributed by atoms with E-state index in [2.05, 4.69) is 17.2 Å². The van der Waals surface area contributed by atoms with Crippen molar-refractivity contribution in [2.24, 2.45) is 0 Å². The molecular weight excluding hydrogens is 298 g/mol. The fraction of sp³-hybridized carbons (Fsp3) is 0.438. The van der Waals surface area contributed by atoms with Crippen LogP contribution in [0.15, 0.2) is 36.7 Å². The fourth-order valence-corrected chi connectivity index (χ4v) is 2.93. The number of fused-ring (bicyclic) bond motifs is 1. The van der Waals surface area contributed by atoms with Crippen LogP contribution in [0.25, 0.3) is 0 Å². The van der Waals surface area contributed by atoms with Crippen molar-refractivity contribution in [2.75, 3.05) is 6.61 Å². The van der Waals surface area contributed by atoms with Crippen LogP contribution in [0.4, 0.5) is 5.69 Å². The standard InChI is InChI=1S/C16H19N3O4/c20-14(10-18-9-13(8-17-18)19(21)22)11-23-16-7-3-5-12-4-1-2-6-15(12)16/h1-2,4,6,8-9,14,16,20H,3,5,7,10-11H2. The van der Waals surface area contributed by atoms with Gasteiger partial charge in [-0.3, -0.25) is 14.8 Å². The van der Waals surface area contributed by atoms with Crippen molar-refractivity contribution in [2.45, 2.75) is 38.0 Å². The molecule has 1 aromatic heterocycles. The summed E-state index contributed by atoms with van der Waals surface area (Å²) in [5, 5.41) is 24.6. The first-order chi connectivity index (χ1) is 11.1. The molecule has 0 saturated heterocycles. The predicted molar refractivity (Wildman–Crippen MR) is 83.0 cm³/mol. The lowest BCUT2D eigenvalue weighted by atomic mass is 9.89. The Morgan fingerprint density at radius 1 is 1.48 bits per heavy atom. The average Bonchev–Trinajstić information content (AvgIpc) is 3.01. The average molecular weight is 317 g/mol. The van der Waals surface area contributed by atoms with E-state index >= 15 is 0 Å². The van der Waals surface area contributed by atoms with Crippen molar-refractivity contribution >= 4 is 5.69 Å². The van der Waals surface area contributed by atoms with Gasteiger partial charge in [0.25, 0.3) is 0 Å².